The standard InChI is InChI=1S/C23H17ClFNO4/c1-13-10-15(24)3-9-18(13)30-22-21(14-2-8-19-20(11-14)29-12-28-19)26(23(22)27)17-6-4-16(25)5-7-17/h2-11,21-22H,12H2,1H3/t21-,22+/m1/s1. The Morgan fingerprint density at radius 1 is 1.03 bits per heavy atom. The molecule has 7 heteroatoms. The van der Waals surface area contributed by atoms with Crippen LogP contribution in [0.15, 0.2) is 60.7 Å². The molecule has 3 aromatic carbocycles. The van der Waals surface area contributed by atoms with Crippen LogP contribution >= 0.6 is 11.6 Å². The summed E-state index contributed by atoms with van der Waals surface area (Å²) in [5.74, 6) is 1.29. The van der Waals surface area contributed by atoms with Gasteiger partial charge in [-0.1, -0.05) is 17.7 Å². The van der Waals surface area contributed by atoms with Crippen molar-refractivity contribution in [3.8, 4) is 17.2 Å². The van der Waals surface area contributed by atoms with Gasteiger partial charge in [0.1, 0.15) is 17.6 Å². The van der Waals surface area contributed by atoms with Crippen LogP contribution in [0.5, 0.6) is 17.2 Å². The summed E-state index contributed by atoms with van der Waals surface area (Å²) in [5, 5.41) is 0.597. The third-order valence-electron chi connectivity index (χ3n) is 5.28. The molecular weight excluding hydrogens is 409 g/mol. The molecular formula is C23H17ClFNO4. The molecule has 152 valence electrons. The maximum absolute atomic E-state index is 13.4. The number of halogens is 2. The first kappa shape index (κ1) is 18.8. The molecule has 30 heavy (non-hydrogen) atoms. The van der Waals surface area contributed by atoms with Gasteiger partial charge in [-0.05, 0) is 72.6 Å². The minimum atomic E-state index is -0.740. The zero-order valence-electron chi connectivity index (χ0n) is 16.0. The number of carbonyl (C=O) groups excluding carboxylic acids is 1. The van der Waals surface area contributed by atoms with Gasteiger partial charge in [0.25, 0.3) is 5.91 Å². The topological polar surface area (TPSA) is 48.0 Å². The normalized spacial score (nSPS) is 19.6. The van der Waals surface area contributed by atoms with E-state index < -0.39 is 12.1 Å². The Morgan fingerprint density at radius 3 is 2.57 bits per heavy atom. The number of hydrogen-bond donors (Lipinski definition) is 0. The van der Waals surface area contributed by atoms with Crippen LogP contribution in [0.3, 0.4) is 0 Å². The summed E-state index contributed by atoms with van der Waals surface area (Å²) < 4.78 is 30.4. The Balaban J connectivity index is 1.52. The van der Waals surface area contributed by atoms with Gasteiger partial charge >= 0.3 is 0 Å². The summed E-state index contributed by atoms with van der Waals surface area (Å²) in [4.78, 5) is 14.7. The number of hydrogen-bond acceptors (Lipinski definition) is 4. The van der Waals surface area contributed by atoms with Crippen molar-refractivity contribution in [1.29, 1.82) is 0 Å². The van der Waals surface area contributed by atoms with E-state index >= 15 is 0 Å². The van der Waals surface area contributed by atoms with E-state index in [2.05, 4.69) is 0 Å². The number of amides is 1. The minimum Gasteiger partial charge on any atom is -0.478 e. The summed E-state index contributed by atoms with van der Waals surface area (Å²) in [6.45, 7) is 2.03. The quantitative estimate of drug-likeness (QED) is 0.549. The van der Waals surface area contributed by atoms with Gasteiger partial charge < -0.3 is 14.2 Å². The third kappa shape index (κ3) is 3.13. The van der Waals surface area contributed by atoms with Crippen LogP contribution < -0.4 is 19.1 Å². The first-order chi connectivity index (χ1) is 14.5. The molecule has 0 bridgehead atoms. The van der Waals surface area contributed by atoms with Gasteiger partial charge in [-0.25, -0.2) is 4.39 Å². The molecule has 0 N–H and O–H groups in total. The van der Waals surface area contributed by atoms with Crippen molar-refractivity contribution in [2.24, 2.45) is 0 Å². The van der Waals surface area contributed by atoms with Crippen molar-refractivity contribution in [3.05, 3.63) is 82.6 Å². The first-order valence-corrected chi connectivity index (χ1v) is 9.80. The van der Waals surface area contributed by atoms with Crippen molar-refractivity contribution >= 4 is 23.2 Å². The molecule has 2 aliphatic rings. The molecule has 0 aliphatic carbocycles. The van der Waals surface area contributed by atoms with E-state index in [4.69, 9.17) is 25.8 Å². The molecule has 2 aliphatic heterocycles. The summed E-state index contributed by atoms with van der Waals surface area (Å²) in [7, 11) is 0. The smallest absolute Gasteiger partial charge is 0.271 e. The van der Waals surface area contributed by atoms with E-state index in [9.17, 15) is 9.18 Å². The lowest BCUT2D eigenvalue weighted by Crippen LogP contribution is -2.61. The number of β-lactam (4-membered cyclic amide) rings is 1. The molecule has 0 aromatic heterocycles. The summed E-state index contributed by atoms with van der Waals surface area (Å²) in [6.07, 6.45) is -0.740. The van der Waals surface area contributed by atoms with E-state index in [1.54, 1.807) is 35.2 Å². The molecule has 0 radical (unpaired) electrons. The second-order valence-corrected chi connectivity index (χ2v) is 7.63. The first-order valence-electron chi connectivity index (χ1n) is 9.42. The van der Waals surface area contributed by atoms with E-state index in [-0.39, 0.29) is 18.5 Å². The number of ether oxygens (including phenoxy) is 3. The molecule has 2 atom stereocenters. The third-order valence-corrected chi connectivity index (χ3v) is 5.51. The van der Waals surface area contributed by atoms with Crippen molar-refractivity contribution in [2.45, 2.75) is 19.1 Å². The SMILES string of the molecule is Cc1cc(Cl)ccc1O[C@@H]1C(=O)N(c2ccc(F)cc2)[C@@H]1c1ccc2c(c1)OCO2. The van der Waals surface area contributed by atoms with Crippen LogP contribution in [-0.2, 0) is 4.79 Å². The van der Waals surface area contributed by atoms with Crippen LogP contribution in [0.4, 0.5) is 10.1 Å². The number of nitrogens with zero attached hydrogens (tertiary/aromatic N) is 1. The highest BCUT2D eigenvalue weighted by molar-refractivity contribution is 6.30. The average molecular weight is 426 g/mol. The molecule has 0 spiro atoms. The lowest BCUT2D eigenvalue weighted by molar-refractivity contribution is -0.135. The highest BCUT2D eigenvalue weighted by Crippen LogP contribution is 2.44. The molecule has 0 unspecified atom stereocenters. The Bertz CT molecular complexity index is 1130. The number of fused-ring (bicyclic) bond motifs is 1. The molecule has 5 rings (SSSR count). The van der Waals surface area contributed by atoms with Crippen molar-refractivity contribution < 1.29 is 23.4 Å². The number of anilines is 1. The zero-order valence-corrected chi connectivity index (χ0v) is 16.7. The van der Waals surface area contributed by atoms with E-state index in [1.165, 1.54) is 12.1 Å². The molecule has 2 heterocycles. The van der Waals surface area contributed by atoms with Gasteiger partial charge in [0.15, 0.2) is 11.5 Å². The summed E-state index contributed by atoms with van der Waals surface area (Å²) >= 11 is 6.04. The highest BCUT2D eigenvalue weighted by Gasteiger charge is 2.51. The van der Waals surface area contributed by atoms with Crippen molar-refractivity contribution in [2.75, 3.05) is 11.7 Å². The fourth-order valence-corrected chi connectivity index (χ4v) is 4.00. The Kier molecular flexibility index (Phi) is 4.51. The number of benzene rings is 3. The van der Waals surface area contributed by atoms with Gasteiger partial charge in [-0.3, -0.25) is 9.69 Å². The van der Waals surface area contributed by atoms with Crippen LogP contribution in [0.1, 0.15) is 17.2 Å². The molecule has 1 saturated heterocycles. The second-order valence-electron chi connectivity index (χ2n) is 7.19. The van der Waals surface area contributed by atoms with Crippen LogP contribution in [-0.4, -0.2) is 18.8 Å². The summed E-state index contributed by atoms with van der Waals surface area (Å²) in [6, 6.07) is 16.2. The van der Waals surface area contributed by atoms with Gasteiger partial charge in [0.2, 0.25) is 12.9 Å². The molecule has 0 saturated carbocycles. The minimum absolute atomic E-state index is 0.161. The molecule has 3 aromatic rings. The Hall–Kier alpha value is -3.25. The number of aryl methyl sites for hydroxylation is 1. The fourth-order valence-electron chi connectivity index (χ4n) is 3.77. The lowest BCUT2D eigenvalue weighted by Gasteiger charge is -2.46. The monoisotopic (exact) mass is 425 g/mol. The second kappa shape index (κ2) is 7.22. The van der Waals surface area contributed by atoms with Gasteiger partial charge in [0, 0.05) is 10.7 Å². The van der Waals surface area contributed by atoms with Crippen LogP contribution in [0.25, 0.3) is 0 Å². The summed E-state index contributed by atoms with van der Waals surface area (Å²) in [5.41, 5.74) is 2.26. The average Bonchev–Trinajstić information content (AvgIpc) is 3.20. The van der Waals surface area contributed by atoms with Gasteiger partial charge in [-0.15, -0.1) is 0 Å². The van der Waals surface area contributed by atoms with Gasteiger partial charge in [-0.2, -0.15) is 0 Å². The predicted molar refractivity (Wildman–Crippen MR) is 110 cm³/mol. The molecule has 5 nitrogen and oxygen atoms in total. The largest absolute Gasteiger partial charge is 0.478 e. The van der Waals surface area contributed by atoms with E-state index in [0.29, 0.717) is 28.0 Å². The molecule has 1 amide bonds. The van der Waals surface area contributed by atoms with E-state index in [0.717, 1.165) is 11.1 Å². The zero-order chi connectivity index (χ0) is 20.8. The predicted octanol–water partition coefficient (Wildman–Crippen LogP) is 5.05. The molecule has 1 fully saturated rings. The maximum Gasteiger partial charge on any atom is 0.271 e. The lowest BCUT2D eigenvalue weighted by atomic mass is 9.89. The van der Waals surface area contributed by atoms with E-state index in [1.807, 2.05) is 25.1 Å². The van der Waals surface area contributed by atoms with Crippen LogP contribution in [0.2, 0.25) is 5.02 Å². The van der Waals surface area contributed by atoms with Crippen molar-refractivity contribution in [1.82, 2.24) is 0 Å². The van der Waals surface area contributed by atoms with Crippen molar-refractivity contribution in [3.63, 3.8) is 0 Å². The Labute approximate surface area is 177 Å². The maximum atomic E-state index is 13.4. The highest BCUT2D eigenvalue weighted by atomic mass is 35.5. The number of rotatable bonds is 4. The number of carbonyl (C=O) groups is 1. The van der Waals surface area contributed by atoms with Crippen LogP contribution in [0, 0.1) is 12.7 Å². The fraction of sp³-hybridized carbons (Fsp3) is 0.174. The Morgan fingerprint density at radius 2 is 1.80 bits per heavy atom. The van der Waals surface area contributed by atoms with Gasteiger partial charge in [0.05, 0.1) is 0 Å².